The van der Waals surface area contributed by atoms with Crippen LogP contribution in [0.3, 0.4) is 0 Å². The Balaban J connectivity index is 2.14. The van der Waals surface area contributed by atoms with Crippen LogP contribution in [0.5, 0.6) is 23.0 Å². The first-order valence-electron chi connectivity index (χ1n) is 11.8. The lowest BCUT2D eigenvalue weighted by molar-refractivity contribution is -0.275. The fraction of sp³-hybridized carbons (Fsp3) is 0.208. The molecule has 3 rings (SSSR count). The van der Waals surface area contributed by atoms with Gasteiger partial charge in [0.1, 0.15) is 22.8 Å². The Hall–Kier alpha value is -4.56. The minimum absolute atomic E-state index is 0.144. The molecule has 1 aromatic heterocycles. The Morgan fingerprint density at radius 2 is 1.72 bits per heavy atom. The van der Waals surface area contributed by atoms with E-state index in [0.29, 0.717) is 24.3 Å². The van der Waals surface area contributed by atoms with E-state index in [1.54, 1.807) is 0 Å². The smallest absolute Gasteiger partial charge is 0.490 e. The highest BCUT2D eigenvalue weighted by Crippen LogP contribution is 2.42. The third-order valence-corrected chi connectivity index (χ3v) is 4.91. The lowest BCUT2D eigenvalue weighted by atomic mass is 10.1. The van der Waals surface area contributed by atoms with Crippen molar-refractivity contribution >= 4 is 17.6 Å². The lowest BCUT2D eigenvalue weighted by Gasteiger charge is -2.18. The number of nitrogens with zero attached hydrogens (tertiary/aromatic N) is 1. The minimum atomic E-state index is -5.40. The van der Waals surface area contributed by atoms with Crippen molar-refractivity contribution in [1.29, 1.82) is 0 Å². The first-order valence-corrected chi connectivity index (χ1v) is 10.3. The summed E-state index contributed by atoms with van der Waals surface area (Å²) in [5.74, 6) is -11.1. The average molecular weight is 565 g/mol. The summed E-state index contributed by atoms with van der Waals surface area (Å²) in [7, 11) is -2.41. The van der Waals surface area contributed by atoms with E-state index in [2.05, 4.69) is 24.5 Å². The molecule has 0 spiro atoms. The molecule has 2 aromatic carbocycles. The summed E-state index contributed by atoms with van der Waals surface area (Å²) in [6.45, 7) is 1.42. The first kappa shape index (κ1) is 24.8. The molecule has 0 bridgehead atoms. The summed E-state index contributed by atoms with van der Waals surface area (Å²) in [5.41, 5.74) is -2.69. The predicted octanol–water partition coefficient (Wildman–Crippen LogP) is 6.34. The highest BCUT2D eigenvalue weighted by molar-refractivity contribution is 6.07. The van der Waals surface area contributed by atoms with Gasteiger partial charge in [-0.25, -0.2) is 22.9 Å². The number of halogens is 7. The number of benzene rings is 2. The van der Waals surface area contributed by atoms with Crippen LogP contribution in [0.4, 0.5) is 36.4 Å². The van der Waals surface area contributed by atoms with E-state index < -0.39 is 77.5 Å². The first-order chi connectivity index (χ1) is 19.4. The van der Waals surface area contributed by atoms with Gasteiger partial charge in [-0.3, -0.25) is 4.79 Å². The van der Waals surface area contributed by atoms with Crippen LogP contribution in [0.15, 0.2) is 36.5 Å². The molecule has 39 heavy (non-hydrogen) atoms. The molecule has 0 aliphatic carbocycles. The molecule has 0 unspecified atom stereocenters. The van der Waals surface area contributed by atoms with Crippen LogP contribution in [-0.4, -0.2) is 37.4 Å². The van der Waals surface area contributed by atoms with Crippen LogP contribution in [-0.2, 0) is 4.74 Å². The number of carbonyl (C=O) groups excluding carboxylic acids is 2. The van der Waals surface area contributed by atoms with Crippen molar-refractivity contribution < 1.29 is 63.4 Å². The number of hydrogen-bond acceptors (Lipinski definition) is 7. The molecule has 0 saturated carbocycles. The number of aryl methyl sites for hydroxylation is 1. The molecule has 15 heteroatoms. The quantitative estimate of drug-likeness (QED) is 0.251. The summed E-state index contributed by atoms with van der Waals surface area (Å²) < 4.78 is 134. The number of anilines is 1. The molecule has 1 heterocycles. The summed E-state index contributed by atoms with van der Waals surface area (Å²) >= 11 is 0. The van der Waals surface area contributed by atoms with Gasteiger partial charge in [-0.1, -0.05) is 0 Å². The third-order valence-electron chi connectivity index (χ3n) is 4.91. The molecule has 1 amide bonds. The molecule has 3 aromatic rings. The molecule has 0 radical (unpaired) electrons. The molecule has 0 saturated heterocycles. The Kier molecular flexibility index (Phi) is 7.27. The van der Waals surface area contributed by atoms with Crippen LogP contribution >= 0.6 is 0 Å². The van der Waals surface area contributed by atoms with Crippen molar-refractivity contribution in [2.24, 2.45) is 0 Å². The number of alkyl halides is 5. The summed E-state index contributed by atoms with van der Waals surface area (Å²) in [6, 6.07) is 3.09. The Morgan fingerprint density at radius 1 is 1.05 bits per heavy atom. The van der Waals surface area contributed by atoms with Gasteiger partial charge in [0.2, 0.25) is 11.6 Å². The zero-order chi connectivity index (χ0) is 31.6. The molecule has 8 nitrogen and oxygen atoms in total. The molecule has 0 aliphatic heterocycles. The Morgan fingerprint density at radius 3 is 2.33 bits per heavy atom. The number of aromatic nitrogens is 1. The van der Waals surface area contributed by atoms with Gasteiger partial charge in [-0.15, -0.1) is 13.2 Å². The van der Waals surface area contributed by atoms with Crippen molar-refractivity contribution in [2.45, 2.75) is 19.7 Å². The average Bonchev–Trinajstić information content (AvgIpc) is 2.87. The van der Waals surface area contributed by atoms with E-state index >= 15 is 4.39 Å². The number of rotatable bonds is 8. The SMILES string of the molecule is [2H]C([2H])([2H])Oc1c(Oc2ccc(C(F)F)c(F)c2C(=O)Nc2cc(C(=O)OC)ncc2C)ccc(OC(F)(F)F)c1F. The zero-order valence-electron chi connectivity index (χ0n) is 22.6. The van der Waals surface area contributed by atoms with Gasteiger partial charge in [-0.2, -0.15) is 4.39 Å². The standard InChI is InChI=1S/C24H17F7N2O6/c1-10-9-32-13(23(35)37-3)8-12(10)33-22(34)17-14(5-4-11(18(17)25)21(27)28)38-16-7-6-15(39-24(29,30)31)19(26)20(16)36-2/h4-9,21H,1-3H3,(H,32,33,34)/i2D3. The Labute approximate surface area is 219 Å². The van der Waals surface area contributed by atoms with Gasteiger partial charge < -0.3 is 24.3 Å². The van der Waals surface area contributed by atoms with E-state index in [4.69, 9.17) is 8.85 Å². The van der Waals surface area contributed by atoms with Gasteiger partial charge in [-0.05, 0) is 42.8 Å². The molecule has 0 fully saturated rings. The number of amides is 1. The molecule has 0 aliphatic rings. The van der Waals surface area contributed by atoms with Crippen molar-refractivity contribution in [3.8, 4) is 23.0 Å². The minimum Gasteiger partial charge on any atom is -0.490 e. The number of pyridine rings is 1. The van der Waals surface area contributed by atoms with Crippen LogP contribution in [0.1, 0.15) is 42.5 Å². The van der Waals surface area contributed by atoms with Crippen LogP contribution in [0, 0.1) is 18.6 Å². The largest absolute Gasteiger partial charge is 0.573 e. The summed E-state index contributed by atoms with van der Waals surface area (Å²) in [6.07, 6.45) is -7.71. The molecule has 1 N–H and O–H groups in total. The monoisotopic (exact) mass is 565 g/mol. The maximum atomic E-state index is 15.3. The predicted molar refractivity (Wildman–Crippen MR) is 119 cm³/mol. The van der Waals surface area contributed by atoms with E-state index in [9.17, 15) is 35.9 Å². The van der Waals surface area contributed by atoms with Crippen molar-refractivity contribution in [3.05, 3.63) is 70.5 Å². The molecule has 208 valence electrons. The van der Waals surface area contributed by atoms with E-state index in [-0.39, 0.29) is 16.9 Å². The van der Waals surface area contributed by atoms with Crippen LogP contribution in [0.2, 0.25) is 0 Å². The third kappa shape index (κ3) is 6.48. The van der Waals surface area contributed by atoms with E-state index in [1.807, 2.05) is 0 Å². The van der Waals surface area contributed by atoms with Crippen molar-refractivity contribution in [1.82, 2.24) is 4.98 Å². The molecular weight excluding hydrogens is 545 g/mol. The lowest BCUT2D eigenvalue weighted by Crippen LogP contribution is -2.18. The van der Waals surface area contributed by atoms with Crippen LogP contribution < -0.4 is 19.5 Å². The highest BCUT2D eigenvalue weighted by atomic mass is 19.4. The zero-order valence-corrected chi connectivity index (χ0v) is 19.6. The fourth-order valence-electron chi connectivity index (χ4n) is 3.12. The maximum absolute atomic E-state index is 15.3. The second kappa shape index (κ2) is 11.4. The van der Waals surface area contributed by atoms with Gasteiger partial charge in [0.15, 0.2) is 11.5 Å². The fourth-order valence-corrected chi connectivity index (χ4v) is 3.12. The van der Waals surface area contributed by atoms with E-state index in [0.717, 1.165) is 19.4 Å². The highest BCUT2D eigenvalue weighted by Gasteiger charge is 2.34. The number of nitrogens with one attached hydrogen (secondary N) is 1. The molecule has 0 atom stereocenters. The molecular formula is C24H17F7N2O6. The second-order valence-corrected chi connectivity index (χ2v) is 7.43. The maximum Gasteiger partial charge on any atom is 0.573 e. The van der Waals surface area contributed by atoms with E-state index in [1.165, 1.54) is 6.92 Å². The summed E-state index contributed by atoms with van der Waals surface area (Å²) in [5, 5.41) is 2.19. The normalized spacial score (nSPS) is 12.7. The van der Waals surface area contributed by atoms with Crippen LogP contribution in [0.25, 0.3) is 0 Å². The Bertz CT molecular complexity index is 1520. The van der Waals surface area contributed by atoms with Gasteiger partial charge in [0.05, 0.1) is 23.8 Å². The van der Waals surface area contributed by atoms with Crippen molar-refractivity contribution in [3.63, 3.8) is 0 Å². The number of hydrogen-bond donors (Lipinski definition) is 1. The van der Waals surface area contributed by atoms with Crippen molar-refractivity contribution in [2.75, 3.05) is 19.5 Å². The number of methoxy groups -OCH3 is 2. The summed E-state index contributed by atoms with van der Waals surface area (Å²) in [4.78, 5) is 28.8. The van der Waals surface area contributed by atoms with Gasteiger partial charge in [0.25, 0.3) is 12.3 Å². The number of ether oxygens (including phenoxy) is 4. The number of esters is 1. The van der Waals surface area contributed by atoms with Gasteiger partial charge in [0, 0.05) is 11.9 Å². The number of carbonyl (C=O) groups is 2. The van der Waals surface area contributed by atoms with Gasteiger partial charge >= 0.3 is 12.3 Å². The topological polar surface area (TPSA) is 96.0 Å². The second-order valence-electron chi connectivity index (χ2n) is 7.43.